The molecule has 0 N–H and O–H groups in total. The molecule has 9 heteroatoms. The van der Waals surface area contributed by atoms with E-state index in [9.17, 15) is 14.4 Å². The Kier molecular flexibility index (Phi) is 8.23. The zero-order valence-electron chi connectivity index (χ0n) is 18.0. The van der Waals surface area contributed by atoms with Crippen molar-refractivity contribution in [2.45, 2.75) is 39.7 Å². The Bertz CT molecular complexity index is 779. The van der Waals surface area contributed by atoms with Crippen LogP contribution in [0.2, 0.25) is 0 Å². The van der Waals surface area contributed by atoms with Crippen molar-refractivity contribution in [2.75, 3.05) is 27.4 Å². The SMILES string of the molecule is COC(=O)C[C@H](C(=O)N1C[C@H](COc2cncc(Br)c2)C[C@H]1C(=O)OC)C(C)(C)C. The van der Waals surface area contributed by atoms with Crippen molar-refractivity contribution in [3.8, 4) is 5.75 Å². The van der Waals surface area contributed by atoms with Gasteiger partial charge in [0.15, 0.2) is 0 Å². The standard InChI is InChI=1S/C21H29BrN2O6/c1-21(2,3)16(8-18(25)28-4)19(26)24-11-13(6-17(24)20(27)29-5)12-30-15-7-14(22)9-23-10-15/h7,9-10,13,16-17H,6,8,11-12H2,1-5H3/t13-,16-,17+/m1/s1. The fraction of sp³-hybridized carbons (Fsp3) is 0.619. The summed E-state index contributed by atoms with van der Waals surface area (Å²) in [6.07, 6.45) is 3.64. The minimum atomic E-state index is -0.709. The molecule has 0 aromatic carbocycles. The van der Waals surface area contributed by atoms with Gasteiger partial charge in [-0.25, -0.2) is 4.79 Å². The number of nitrogens with zero attached hydrogens (tertiary/aromatic N) is 2. The number of halogens is 1. The van der Waals surface area contributed by atoms with E-state index in [0.29, 0.717) is 25.3 Å². The molecule has 2 rings (SSSR count). The number of aromatic nitrogens is 1. The summed E-state index contributed by atoms with van der Waals surface area (Å²) < 4.78 is 16.3. The quantitative estimate of drug-likeness (QED) is 0.548. The van der Waals surface area contributed by atoms with E-state index in [1.54, 1.807) is 18.5 Å². The monoisotopic (exact) mass is 484 g/mol. The van der Waals surface area contributed by atoms with Gasteiger partial charge in [-0.3, -0.25) is 14.6 Å². The Balaban J connectivity index is 2.17. The van der Waals surface area contributed by atoms with Crippen LogP contribution in [0.5, 0.6) is 5.75 Å². The molecule has 1 aromatic rings. The Morgan fingerprint density at radius 3 is 2.50 bits per heavy atom. The third-order valence-electron chi connectivity index (χ3n) is 5.25. The first-order valence-corrected chi connectivity index (χ1v) is 10.5. The van der Waals surface area contributed by atoms with Gasteiger partial charge in [-0.15, -0.1) is 0 Å². The summed E-state index contributed by atoms with van der Waals surface area (Å²) in [5, 5.41) is 0. The van der Waals surface area contributed by atoms with Crippen molar-refractivity contribution in [3.05, 3.63) is 22.9 Å². The molecular formula is C21H29BrN2O6. The second-order valence-electron chi connectivity index (χ2n) is 8.48. The van der Waals surface area contributed by atoms with Gasteiger partial charge in [0, 0.05) is 23.1 Å². The van der Waals surface area contributed by atoms with Gasteiger partial charge in [-0.05, 0) is 33.8 Å². The topological polar surface area (TPSA) is 95.0 Å². The van der Waals surface area contributed by atoms with E-state index in [-0.39, 0.29) is 18.2 Å². The molecule has 8 nitrogen and oxygen atoms in total. The molecule has 0 radical (unpaired) electrons. The molecule has 166 valence electrons. The molecule has 30 heavy (non-hydrogen) atoms. The van der Waals surface area contributed by atoms with Gasteiger partial charge in [0.05, 0.1) is 39.4 Å². The average Bonchev–Trinajstić information content (AvgIpc) is 3.12. The van der Waals surface area contributed by atoms with E-state index >= 15 is 0 Å². The number of rotatable bonds is 7. The van der Waals surface area contributed by atoms with E-state index in [0.717, 1.165) is 4.47 Å². The summed E-state index contributed by atoms with van der Waals surface area (Å²) in [5.74, 6) is -1.27. The fourth-order valence-electron chi connectivity index (χ4n) is 3.55. The molecule has 0 spiro atoms. The maximum atomic E-state index is 13.4. The van der Waals surface area contributed by atoms with Crippen LogP contribution in [0.1, 0.15) is 33.6 Å². The summed E-state index contributed by atoms with van der Waals surface area (Å²) in [6, 6.07) is 1.09. The number of methoxy groups -OCH3 is 2. The van der Waals surface area contributed by atoms with E-state index in [1.807, 2.05) is 20.8 Å². The highest BCUT2D eigenvalue weighted by Gasteiger charge is 2.45. The van der Waals surface area contributed by atoms with Crippen LogP contribution < -0.4 is 4.74 Å². The lowest BCUT2D eigenvalue weighted by atomic mass is 9.77. The summed E-state index contributed by atoms with van der Waals surface area (Å²) in [6.45, 7) is 6.34. The maximum Gasteiger partial charge on any atom is 0.328 e. The van der Waals surface area contributed by atoms with Gasteiger partial charge in [0.25, 0.3) is 0 Å². The van der Waals surface area contributed by atoms with Crippen molar-refractivity contribution in [1.29, 1.82) is 0 Å². The zero-order valence-corrected chi connectivity index (χ0v) is 19.6. The van der Waals surface area contributed by atoms with Crippen molar-refractivity contribution < 1.29 is 28.6 Å². The summed E-state index contributed by atoms with van der Waals surface area (Å²) in [4.78, 5) is 43.3. The molecule has 0 unspecified atom stereocenters. The molecule has 1 saturated heterocycles. The van der Waals surface area contributed by atoms with Crippen molar-refractivity contribution in [2.24, 2.45) is 17.3 Å². The number of ether oxygens (including phenoxy) is 3. The number of pyridine rings is 1. The van der Waals surface area contributed by atoms with Crippen molar-refractivity contribution in [1.82, 2.24) is 9.88 Å². The van der Waals surface area contributed by atoms with Crippen LogP contribution in [0.4, 0.5) is 0 Å². The lowest BCUT2D eigenvalue weighted by molar-refractivity contribution is -0.156. The third-order valence-corrected chi connectivity index (χ3v) is 5.69. The first-order valence-electron chi connectivity index (χ1n) is 9.75. The molecule has 1 aliphatic heterocycles. The van der Waals surface area contributed by atoms with Gasteiger partial charge < -0.3 is 19.1 Å². The van der Waals surface area contributed by atoms with Gasteiger partial charge in [-0.1, -0.05) is 20.8 Å². The van der Waals surface area contributed by atoms with Crippen LogP contribution in [0.15, 0.2) is 22.9 Å². The molecule has 0 saturated carbocycles. The molecule has 1 aliphatic rings. The normalized spacial score (nSPS) is 19.9. The second-order valence-corrected chi connectivity index (χ2v) is 9.40. The molecular weight excluding hydrogens is 456 g/mol. The molecule has 1 aromatic heterocycles. The van der Waals surface area contributed by atoms with Gasteiger partial charge in [0.2, 0.25) is 5.91 Å². The van der Waals surface area contributed by atoms with Crippen LogP contribution in [-0.4, -0.2) is 61.1 Å². The molecule has 2 heterocycles. The summed E-state index contributed by atoms with van der Waals surface area (Å²) in [7, 11) is 2.60. The Morgan fingerprint density at radius 2 is 1.93 bits per heavy atom. The number of likely N-dealkylation sites (tertiary alicyclic amines) is 1. The van der Waals surface area contributed by atoms with Crippen LogP contribution in [0.25, 0.3) is 0 Å². The molecule has 0 bridgehead atoms. The van der Waals surface area contributed by atoms with Crippen LogP contribution in [-0.2, 0) is 23.9 Å². The number of hydrogen-bond acceptors (Lipinski definition) is 7. The molecule has 0 aliphatic carbocycles. The summed E-state index contributed by atoms with van der Waals surface area (Å²) in [5.41, 5.74) is -0.484. The lowest BCUT2D eigenvalue weighted by Gasteiger charge is -2.34. The molecule has 1 amide bonds. The van der Waals surface area contributed by atoms with Crippen molar-refractivity contribution >= 4 is 33.8 Å². The van der Waals surface area contributed by atoms with Crippen LogP contribution in [0.3, 0.4) is 0 Å². The zero-order chi connectivity index (χ0) is 22.5. The van der Waals surface area contributed by atoms with Crippen molar-refractivity contribution in [3.63, 3.8) is 0 Å². The molecule has 1 fully saturated rings. The maximum absolute atomic E-state index is 13.4. The first-order chi connectivity index (χ1) is 14.1. The third kappa shape index (κ3) is 6.17. The minimum absolute atomic E-state index is 0.0475. The van der Waals surface area contributed by atoms with Crippen LogP contribution >= 0.6 is 15.9 Å². The Labute approximate surface area is 185 Å². The number of carbonyl (C=O) groups is 3. The van der Waals surface area contributed by atoms with Crippen LogP contribution in [0, 0.1) is 17.3 Å². The minimum Gasteiger partial charge on any atom is -0.492 e. The number of esters is 2. The number of hydrogen-bond donors (Lipinski definition) is 0. The van der Waals surface area contributed by atoms with Gasteiger partial charge >= 0.3 is 11.9 Å². The average molecular weight is 485 g/mol. The predicted molar refractivity (Wildman–Crippen MR) is 113 cm³/mol. The fourth-order valence-corrected chi connectivity index (χ4v) is 3.89. The number of amides is 1. The highest BCUT2D eigenvalue weighted by atomic mass is 79.9. The summed E-state index contributed by atoms with van der Waals surface area (Å²) >= 11 is 3.35. The largest absolute Gasteiger partial charge is 0.492 e. The highest BCUT2D eigenvalue weighted by Crippen LogP contribution is 2.35. The predicted octanol–water partition coefficient (Wildman–Crippen LogP) is 2.84. The second kappa shape index (κ2) is 10.2. The van der Waals surface area contributed by atoms with E-state index in [4.69, 9.17) is 14.2 Å². The Morgan fingerprint density at radius 1 is 1.23 bits per heavy atom. The van der Waals surface area contributed by atoms with Gasteiger partial charge in [-0.2, -0.15) is 0 Å². The Hall–Kier alpha value is -2.16. The first kappa shape index (κ1) is 24.1. The highest BCUT2D eigenvalue weighted by molar-refractivity contribution is 9.10. The number of carbonyl (C=O) groups excluding carboxylic acids is 3. The van der Waals surface area contributed by atoms with Gasteiger partial charge in [0.1, 0.15) is 11.8 Å². The van der Waals surface area contributed by atoms with E-state index in [2.05, 4.69) is 20.9 Å². The van der Waals surface area contributed by atoms with E-state index in [1.165, 1.54) is 19.1 Å². The lowest BCUT2D eigenvalue weighted by Crippen LogP contribution is -2.47. The molecule has 3 atom stereocenters. The van der Waals surface area contributed by atoms with E-state index < -0.39 is 29.3 Å². The smallest absolute Gasteiger partial charge is 0.328 e.